The van der Waals surface area contributed by atoms with Crippen molar-refractivity contribution in [2.75, 3.05) is 6.61 Å². The molecule has 1 aromatic carbocycles. The number of ether oxygens (including phenoxy) is 1. The minimum absolute atomic E-state index is 0.118. The minimum Gasteiger partial charge on any atom is -0.372 e. The molecule has 1 N–H and O–H groups in total. The van der Waals surface area contributed by atoms with E-state index in [-0.39, 0.29) is 17.2 Å². The van der Waals surface area contributed by atoms with Gasteiger partial charge in [-0.15, -0.1) is 0 Å². The highest BCUT2D eigenvalue weighted by Crippen LogP contribution is 2.31. The second kappa shape index (κ2) is 5.91. The lowest BCUT2D eigenvalue weighted by molar-refractivity contribution is 0.0981. The van der Waals surface area contributed by atoms with E-state index in [2.05, 4.69) is 10.5 Å². The van der Waals surface area contributed by atoms with Gasteiger partial charge in [0.1, 0.15) is 12.1 Å². The van der Waals surface area contributed by atoms with Crippen molar-refractivity contribution in [3.63, 3.8) is 0 Å². The van der Waals surface area contributed by atoms with Crippen LogP contribution in [0.25, 0.3) is 0 Å². The number of nitrogens with one attached hydrogen (secondary N) is 1. The van der Waals surface area contributed by atoms with E-state index in [4.69, 9.17) is 20.9 Å². The number of hydrogen-bond acceptors (Lipinski definition) is 4. The van der Waals surface area contributed by atoms with Crippen molar-refractivity contribution in [3.8, 4) is 0 Å². The Hall–Kier alpha value is -1.43. The number of hydrogen-bond donors (Lipinski definition) is 1. The number of benzene rings is 1. The number of nitrogens with zero attached hydrogens (tertiary/aromatic N) is 1. The molecule has 1 fully saturated rings. The summed E-state index contributed by atoms with van der Waals surface area (Å²) in [6, 6.07) is 6.71. The fraction of sp³-hybridized carbons (Fsp3) is 0.357. The van der Waals surface area contributed by atoms with Gasteiger partial charge >= 0.3 is 0 Å². The molecule has 2 heterocycles. The first-order valence-electron chi connectivity index (χ1n) is 6.43. The Bertz CT molecular complexity index is 577. The highest BCUT2D eigenvalue weighted by atomic mass is 35.5. The summed E-state index contributed by atoms with van der Waals surface area (Å²) in [7, 11) is 0. The average Bonchev–Trinajstić information content (AvgIpc) is 3.10. The van der Waals surface area contributed by atoms with Gasteiger partial charge < -0.3 is 14.6 Å². The maximum atomic E-state index is 13.5. The van der Waals surface area contributed by atoms with E-state index in [0.717, 1.165) is 17.7 Å². The highest BCUT2D eigenvalue weighted by molar-refractivity contribution is 6.30. The van der Waals surface area contributed by atoms with E-state index in [1.807, 2.05) is 0 Å². The number of aromatic nitrogens is 1. The molecule has 1 aliphatic heterocycles. The Morgan fingerprint density at radius 1 is 1.40 bits per heavy atom. The Morgan fingerprint density at radius 3 is 3.05 bits per heavy atom. The van der Waals surface area contributed by atoms with E-state index in [9.17, 15) is 4.39 Å². The van der Waals surface area contributed by atoms with Gasteiger partial charge in [-0.2, -0.15) is 0 Å². The Kier molecular flexibility index (Phi) is 4.00. The molecule has 2 aromatic rings. The van der Waals surface area contributed by atoms with Gasteiger partial charge in [0.15, 0.2) is 0 Å². The highest BCUT2D eigenvalue weighted by Gasteiger charge is 2.29. The summed E-state index contributed by atoms with van der Waals surface area (Å²) in [6.07, 6.45) is 2.23. The van der Waals surface area contributed by atoms with Gasteiger partial charge in [-0.25, -0.2) is 4.39 Å². The number of halogens is 2. The van der Waals surface area contributed by atoms with Gasteiger partial charge in [0.25, 0.3) is 0 Å². The van der Waals surface area contributed by atoms with Crippen molar-refractivity contribution in [1.29, 1.82) is 0 Å². The maximum Gasteiger partial charge on any atom is 0.142 e. The largest absolute Gasteiger partial charge is 0.372 e. The molecule has 106 valence electrons. The fourth-order valence-corrected chi connectivity index (χ4v) is 2.50. The smallest absolute Gasteiger partial charge is 0.142 e. The van der Waals surface area contributed by atoms with Gasteiger partial charge in [-0.3, -0.25) is 0 Å². The van der Waals surface area contributed by atoms with Gasteiger partial charge in [0, 0.05) is 25.3 Å². The molecule has 3 rings (SSSR count). The van der Waals surface area contributed by atoms with Crippen molar-refractivity contribution >= 4 is 11.6 Å². The lowest BCUT2D eigenvalue weighted by Gasteiger charge is -2.20. The third-order valence-corrected chi connectivity index (χ3v) is 3.71. The molecule has 1 aliphatic rings. The first kappa shape index (κ1) is 13.5. The number of rotatable bonds is 4. The third kappa shape index (κ3) is 2.85. The molecule has 2 atom stereocenters. The van der Waals surface area contributed by atoms with E-state index >= 15 is 0 Å². The predicted octanol–water partition coefficient (Wildman–Crippen LogP) is 3.09. The lowest BCUT2D eigenvalue weighted by Crippen LogP contribution is -2.31. The molecule has 6 heteroatoms. The Labute approximate surface area is 120 Å². The molecule has 0 bridgehead atoms. The topological polar surface area (TPSA) is 47.3 Å². The quantitative estimate of drug-likeness (QED) is 0.942. The van der Waals surface area contributed by atoms with Crippen molar-refractivity contribution in [2.45, 2.75) is 25.1 Å². The second-order valence-corrected chi connectivity index (χ2v) is 5.14. The summed E-state index contributed by atoms with van der Waals surface area (Å²) < 4.78 is 24.0. The molecule has 1 saturated heterocycles. The monoisotopic (exact) mass is 296 g/mol. The predicted molar refractivity (Wildman–Crippen MR) is 71.9 cm³/mol. The molecule has 1 aromatic heterocycles. The zero-order valence-corrected chi connectivity index (χ0v) is 11.4. The molecule has 0 spiro atoms. The maximum absolute atomic E-state index is 13.5. The van der Waals surface area contributed by atoms with Crippen molar-refractivity contribution in [2.24, 2.45) is 0 Å². The van der Waals surface area contributed by atoms with Crippen LogP contribution in [0.1, 0.15) is 23.8 Å². The van der Waals surface area contributed by atoms with Gasteiger partial charge in [-0.1, -0.05) is 22.8 Å². The van der Waals surface area contributed by atoms with E-state index in [1.54, 1.807) is 18.2 Å². The Balaban J connectivity index is 1.69. The third-order valence-electron chi connectivity index (χ3n) is 3.40. The first-order chi connectivity index (χ1) is 9.74. The molecule has 0 saturated carbocycles. The molecule has 20 heavy (non-hydrogen) atoms. The van der Waals surface area contributed by atoms with Crippen LogP contribution >= 0.6 is 11.6 Å². The van der Waals surface area contributed by atoms with E-state index in [1.165, 1.54) is 12.3 Å². The van der Waals surface area contributed by atoms with Crippen LogP contribution in [-0.2, 0) is 11.3 Å². The summed E-state index contributed by atoms with van der Waals surface area (Å²) in [5.74, 6) is -0.421. The zero-order chi connectivity index (χ0) is 13.9. The summed E-state index contributed by atoms with van der Waals surface area (Å²) in [5, 5.41) is 7.33. The van der Waals surface area contributed by atoms with Crippen LogP contribution in [0.15, 0.2) is 35.1 Å². The van der Waals surface area contributed by atoms with E-state index < -0.39 is 5.82 Å². The van der Waals surface area contributed by atoms with Crippen LogP contribution in [-0.4, -0.2) is 17.8 Å². The van der Waals surface area contributed by atoms with Crippen LogP contribution in [0.5, 0.6) is 0 Å². The molecular formula is C14H14ClFN2O2. The van der Waals surface area contributed by atoms with Crippen molar-refractivity contribution < 1.29 is 13.7 Å². The minimum atomic E-state index is -0.421. The van der Waals surface area contributed by atoms with Crippen LogP contribution in [0, 0.1) is 5.82 Å². The molecule has 0 unspecified atom stereocenters. The SMILES string of the molecule is Fc1cc([C@@H]2OCC[C@@H]2NCc2ccon2)ccc1Cl. The summed E-state index contributed by atoms with van der Waals surface area (Å²) in [4.78, 5) is 0. The zero-order valence-electron chi connectivity index (χ0n) is 10.7. The Morgan fingerprint density at radius 2 is 2.30 bits per heavy atom. The summed E-state index contributed by atoms with van der Waals surface area (Å²) in [5.41, 5.74) is 1.62. The molecule has 0 radical (unpaired) electrons. The van der Waals surface area contributed by atoms with Gasteiger partial charge in [0.05, 0.1) is 16.8 Å². The van der Waals surface area contributed by atoms with E-state index in [0.29, 0.717) is 13.2 Å². The van der Waals surface area contributed by atoms with Crippen LogP contribution in [0.3, 0.4) is 0 Å². The lowest BCUT2D eigenvalue weighted by atomic mass is 10.0. The van der Waals surface area contributed by atoms with Gasteiger partial charge in [0.2, 0.25) is 0 Å². The molecular weight excluding hydrogens is 283 g/mol. The van der Waals surface area contributed by atoms with Gasteiger partial charge in [-0.05, 0) is 24.1 Å². The average molecular weight is 297 g/mol. The second-order valence-electron chi connectivity index (χ2n) is 4.73. The van der Waals surface area contributed by atoms with Crippen molar-refractivity contribution in [1.82, 2.24) is 10.5 Å². The summed E-state index contributed by atoms with van der Waals surface area (Å²) in [6.45, 7) is 1.24. The normalized spacial score (nSPS) is 22.3. The standard InChI is InChI=1S/C14H14ClFN2O2/c15-11-2-1-9(7-12(11)16)14-13(4-5-19-14)17-8-10-3-6-20-18-10/h1-3,6-7,13-14,17H,4-5,8H2/t13-,14-/m0/s1. The summed E-state index contributed by atoms with van der Waals surface area (Å²) >= 11 is 5.70. The molecule has 0 aliphatic carbocycles. The molecule has 4 nitrogen and oxygen atoms in total. The molecule has 0 amide bonds. The first-order valence-corrected chi connectivity index (χ1v) is 6.81. The van der Waals surface area contributed by atoms with Crippen LogP contribution in [0.4, 0.5) is 4.39 Å². The van der Waals surface area contributed by atoms with Crippen LogP contribution < -0.4 is 5.32 Å². The van der Waals surface area contributed by atoms with Crippen LogP contribution in [0.2, 0.25) is 5.02 Å². The van der Waals surface area contributed by atoms with Crippen molar-refractivity contribution in [3.05, 3.63) is 52.6 Å². The fourth-order valence-electron chi connectivity index (χ4n) is 2.38.